The van der Waals surface area contributed by atoms with Crippen molar-refractivity contribution in [3.05, 3.63) is 23.3 Å². The lowest BCUT2D eigenvalue weighted by molar-refractivity contribution is 0.262. The highest BCUT2D eigenvalue weighted by Crippen LogP contribution is 2.44. The molecule has 1 aromatic rings. The maximum absolute atomic E-state index is 11.9. The van der Waals surface area contributed by atoms with Crippen LogP contribution in [-0.2, 0) is 22.0 Å². The first kappa shape index (κ1) is 21.2. The van der Waals surface area contributed by atoms with Crippen LogP contribution in [-0.4, -0.2) is 18.1 Å². The predicted octanol–water partition coefficient (Wildman–Crippen LogP) is 5.62. The Balaban J connectivity index is 2.70. The van der Waals surface area contributed by atoms with Gasteiger partial charge < -0.3 is 5.11 Å². The summed E-state index contributed by atoms with van der Waals surface area (Å²) >= 11 is 0. The van der Waals surface area contributed by atoms with Gasteiger partial charge in [-0.05, 0) is 54.2 Å². The minimum absolute atomic E-state index is 0.00834. The van der Waals surface area contributed by atoms with Gasteiger partial charge >= 0.3 is 0 Å². The van der Waals surface area contributed by atoms with Gasteiger partial charge in [0.25, 0.3) is 10.1 Å². The fraction of sp³-hybridized carbons (Fsp3) is 0.714. The normalized spacial score (nSPS) is 28.2. The Morgan fingerprint density at radius 3 is 2.15 bits per heavy atom. The number of phenols is 1. The van der Waals surface area contributed by atoms with Gasteiger partial charge in [0.15, 0.2) is 0 Å². The minimum atomic E-state index is -4.32. The summed E-state index contributed by atoms with van der Waals surface area (Å²) in [5.74, 6) is 0.210. The molecule has 0 fully saturated rings. The van der Waals surface area contributed by atoms with Gasteiger partial charge in [0.2, 0.25) is 0 Å². The zero-order chi connectivity index (χ0) is 19.6. The summed E-state index contributed by atoms with van der Waals surface area (Å²) in [6.07, 6.45) is 8.91. The molecule has 26 heavy (non-hydrogen) atoms. The molecule has 0 spiro atoms. The summed E-state index contributed by atoms with van der Waals surface area (Å²) in [7, 11) is -4.32. The van der Waals surface area contributed by atoms with Crippen molar-refractivity contribution in [2.75, 3.05) is 0 Å². The molecular formula is C21H34O4S. The lowest BCUT2D eigenvalue weighted by atomic mass is 9.72. The summed E-state index contributed by atoms with van der Waals surface area (Å²) in [6.45, 7) is 8.51. The first-order chi connectivity index (χ1) is 12.0. The Hall–Kier alpha value is -1.07. The van der Waals surface area contributed by atoms with E-state index >= 15 is 0 Å². The lowest BCUT2D eigenvalue weighted by Crippen LogP contribution is -2.24. The third-order valence-electron chi connectivity index (χ3n) is 6.62. The number of hydrogen-bond acceptors (Lipinski definition) is 3. The van der Waals surface area contributed by atoms with E-state index in [1.54, 1.807) is 0 Å². The van der Waals surface area contributed by atoms with Gasteiger partial charge in [-0.2, -0.15) is 8.42 Å². The van der Waals surface area contributed by atoms with Crippen molar-refractivity contribution in [3.63, 3.8) is 0 Å². The fourth-order valence-corrected chi connectivity index (χ4v) is 4.74. The number of rotatable bonds is 3. The van der Waals surface area contributed by atoms with Crippen LogP contribution in [0.4, 0.5) is 0 Å². The molecule has 2 bridgehead atoms. The second kappa shape index (κ2) is 7.89. The van der Waals surface area contributed by atoms with Crippen molar-refractivity contribution >= 4 is 10.1 Å². The van der Waals surface area contributed by atoms with Gasteiger partial charge in [-0.3, -0.25) is 4.55 Å². The van der Waals surface area contributed by atoms with Crippen LogP contribution in [0.15, 0.2) is 17.0 Å². The topological polar surface area (TPSA) is 74.6 Å². The molecule has 2 N–H and O–H groups in total. The van der Waals surface area contributed by atoms with Crippen LogP contribution in [0.3, 0.4) is 0 Å². The van der Waals surface area contributed by atoms with Gasteiger partial charge in [-0.15, -0.1) is 0 Å². The first-order valence-electron chi connectivity index (χ1n) is 9.88. The van der Waals surface area contributed by atoms with Crippen molar-refractivity contribution in [1.29, 1.82) is 0 Å². The second-order valence-corrected chi connectivity index (χ2v) is 10.0. The van der Waals surface area contributed by atoms with E-state index < -0.39 is 10.1 Å². The highest BCUT2D eigenvalue weighted by molar-refractivity contribution is 7.85. The average molecular weight is 383 g/mol. The van der Waals surface area contributed by atoms with E-state index in [0.29, 0.717) is 17.5 Å². The van der Waals surface area contributed by atoms with Crippen molar-refractivity contribution in [3.8, 4) is 5.75 Å². The molecule has 1 aromatic carbocycles. The fourth-order valence-electron chi connectivity index (χ4n) is 4.18. The van der Waals surface area contributed by atoms with Crippen molar-refractivity contribution in [2.24, 2.45) is 5.41 Å². The Morgan fingerprint density at radius 1 is 1.00 bits per heavy atom. The molecular weight excluding hydrogens is 348 g/mol. The zero-order valence-corrected chi connectivity index (χ0v) is 17.5. The van der Waals surface area contributed by atoms with E-state index in [4.69, 9.17) is 0 Å². The molecule has 0 amide bonds. The standard InChI is InChI=1S/C21H34O4S/c1-5-20(3)11-9-7-8-10-12-21(4,6-2)18-14-17(26(23,24)25)13-16(15-20)19(18)22/h13-14,22H,5-12,15H2,1-4H3,(H,23,24,25). The molecule has 2 rings (SSSR count). The number of aromatic hydroxyl groups is 1. The highest BCUT2D eigenvalue weighted by Gasteiger charge is 2.33. The van der Waals surface area contributed by atoms with Crippen LogP contribution in [0, 0.1) is 5.41 Å². The molecule has 2 unspecified atom stereocenters. The molecule has 2 atom stereocenters. The molecule has 5 heteroatoms. The van der Waals surface area contributed by atoms with E-state index in [-0.39, 0.29) is 21.5 Å². The van der Waals surface area contributed by atoms with Gasteiger partial charge in [-0.1, -0.05) is 59.8 Å². The molecule has 0 aromatic heterocycles. The first-order valence-corrected chi connectivity index (χ1v) is 11.3. The molecule has 1 aliphatic carbocycles. The Labute approximate surface area is 158 Å². The average Bonchev–Trinajstić information content (AvgIpc) is 2.58. The van der Waals surface area contributed by atoms with Crippen molar-refractivity contribution in [1.82, 2.24) is 0 Å². The molecule has 0 aliphatic heterocycles. The van der Waals surface area contributed by atoms with E-state index in [1.807, 2.05) is 0 Å². The molecule has 0 saturated carbocycles. The maximum atomic E-state index is 11.9. The lowest BCUT2D eigenvalue weighted by Gasteiger charge is -2.34. The van der Waals surface area contributed by atoms with E-state index in [9.17, 15) is 18.1 Å². The minimum Gasteiger partial charge on any atom is -0.507 e. The van der Waals surface area contributed by atoms with Crippen molar-refractivity contribution in [2.45, 2.75) is 95.8 Å². The zero-order valence-electron chi connectivity index (χ0n) is 16.6. The Morgan fingerprint density at radius 2 is 1.62 bits per heavy atom. The SMILES string of the molecule is CCC1(C)CCCCCCC(C)(CC)c2cc(S(=O)(=O)O)cc(c2O)C1. The van der Waals surface area contributed by atoms with Gasteiger partial charge in [0.05, 0.1) is 4.90 Å². The second-order valence-electron chi connectivity index (χ2n) is 8.62. The largest absolute Gasteiger partial charge is 0.507 e. The summed E-state index contributed by atoms with van der Waals surface area (Å²) in [6, 6.07) is 2.94. The summed E-state index contributed by atoms with van der Waals surface area (Å²) in [5, 5.41) is 11.0. The van der Waals surface area contributed by atoms with Crippen LogP contribution in [0.1, 0.15) is 90.2 Å². The van der Waals surface area contributed by atoms with Crippen LogP contribution < -0.4 is 0 Å². The Kier molecular flexibility index (Phi) is 6.44. The number of hydrogen-bond donors (Lipinski definition) is 2. The molecule has 0 radical (unpaired) electrons. The smallest absolute Gasteiger partial charge is 0.294 e. The molecule has 0 heterocycles. The maximum Gasteiger partial charge on any atom is 0.294 e. The van der Waals surface area contributed by atoms with E-state index in [1.165, 1.54) is 18.6 Å². The third-order valence-corrected chi connectivity index (χ3v) is 7.45. The van der Waals surface area contributed by atoms with Gasteiger partial charge in [0, 0.05) is 5.56 Å². The Bertz CT molecular complexity index is 741. The molecule has 4 nitrogen and oxygen atoms in total. The third kappa shape index (κ3) is 4.61. The predicted molar refractivity (Wildman–Crippen MR) is 105 cm³/mol. The summed E-state index contributed by atoms with van der Waals surface area (Å²) < 4.78 is 33.4. The van der Waals surface area contributed by atoms with Crippen LogP contribution in [0.25, 0.3) is 0 Å². The van der Waals surface area contributed by atoms with Crippen molar-refractivity contribution < 1.29 is 18.1 Å². The quantitative estimate of drug-likeness (QED) is 0.665. The van der Waals surface area contributed by atoms with Crippen LogP contribution >= 0.6 is 0 Å². The number of phenolic OH excluding ortho intramolecular Hbond substituents is 1. The van der Waals surface area contributed by atoms with Crippen LogP contribution in [0.5, 0.6) is 5.75 Å². The molecule has 148 valence electrons. The molecule has 1 aliphatic rings. The van der Waals surface area contributed by atoms with E-state index in [2.05, 4.69) is 27.7 Å². The van der Waals surface area contributed by atoms with E-state index in [0.717, 1.165) is 44.9 Å². The summed E-state index contributed by atoms with van der Waals surface area (Å²) in [5.41, 5.74) is 0.999. The van der Waals surface area contributed by atoms with Gasteiger partial charge in [-0.25, -0.2) is 0 Å². The summed E-state index contributed by atoms with van der Waals surface area (Å²) in [4.78, 5) is -0.101. The monoisotopic (exact) mass is 382 g/mol. The van der Waals surface area contributed by atoms with Crippen LogP contribution in [0.2, 0.25) is 0 Å². The highest BCUT2D eigenvalue weighted by atomic mass is 32.2. The number of fused-ring (bicyclic) bond motifs is 2. The number of benzene rings is 1. The molecule has 0 saturated heterocycles. The van der Waals surface area contributed by atoms with Gasteiger partial charge in [0.1, 0.15) is 5.75 Å².